The number of carbonyl (C=O) groups excluding carboxylic acids is 1. The highest BCUT2D eigenvalue weighted by atomic mass is 32.2. The molecule has 3 heterocycles. The molecule has 4 rings (SSSR count). The van der Waals surface area contributed by atoms with Crippen LogP contribution in [-0.4, -0.2) is 61.3 Å². The van der Waals surface area contributed by atoms with Gasteiger partial charge in [-0.25, -0.2) is 8.42 Å². The molecule has 0 N–H and O–H groups in total. The first-order valence-electron chi connectivity index (χ1n) is 9.79. The molecule has 3 aliphatic rings. The van der Waals surface area contributed by atoms with Crippen molar-refractivity contribution in [2.24, 2.45) is 5.92 Å². The van der Waals surface area contributed by atoms with E-state index in [-0.39, 0.29) is 23.3 Å². The van der Waals surface area contributed by atoms with Crippen molar-refractivity contribution in [2.75, 3.05) is 31.1 Å². The van der Waals surface area contributed by atoms with Crippen LogP contribution < -0.4 is 0 Å². The largest absolute Gasteiger partial charge is 0.343 e. The normalized spacial score (nSPS) is 26.6. The van der Waals surface area contributed by atoms with Crippen LogP contribution in [0.2, 0.25) is 0 Å². The monoisotopic (exact) mass is 376 g/mol. The Kier molecular flexibility index (Phi) is 5.06. The Morgan fingerprint density at radius 2 is 1.77 bits per heavy atom. The molecule has 1 amide bonds. The van der Waals surface area contributed by atoms with Crippen molar-refractivity contribution >= 4 is 15.7 Å². The number of likely N-dealkylation sites (tertiary alicyclic amines) is 1. The number of carbonyl (C=O) groups is 1. The molecule has 1 atom stereocenters. The SMILES string of the molecule is O=C(CC1CCS(=O)(=O)C1)N1CCC(N2CCc3ccccc3C2)CC1. The maximum Gasteiger partial charge on any atom is 0.222 e. The number of amides is 1. The van der Waals surface area contributed by atoms with Gasteiger partial charge in [0.15, 0.2) is 9.84 Å². The van der Waals surface area contributed by atoms with E-state index in [1.807, 2.05) is 4.90 Å². The molecule has 3 aliphatic heterocycles. The van der Waals surface area contributed by atoms with Crippen LogP contribution in [0.4, 0.5) is 0 Å². The number of benzene rings is 1. The Morgan fingerprint density at radius 1 is 1.04 bits per heavy atom. The van der Waals surface area contributed by atoms with E-state index in [4.69, 9.17) is 0 Å². The molecular weight excluding hydrogens is 348 g/mol. The van der Waals surface area contributed by atoms with Gasteiger partial charge in [0.2, 0.25) is 5.91 Å². The zero-order chi connectivity index (χ0) is 18.1. The number of sulfone groups is 1. The molecular formula is C20H28N2O3S. The van der Waals surface area contributed by atoms with Gasteiger partial charge in [-0.2, -0.15) is 0 Å². The fourth-order valence-corrected chi connectivity index (χ4v) is 6.58. The summed E-state index contributed by atoms with van der Waals surface area (Å²) in [5, 5.41) is 0. The summed E-state index contributed by atoms with van der Waals surface area (Å²) in [6.07, 6.45) is 4.22. The Hall–Kier alpha value is -1.40. The molecule has 2 saturated heterocycles. The average Bonchev–Trinajstić information content (AvgIpc) is 2.99. The van der Waals surface area contributed by atoms with Crippen molar-refractivity contribution in [3.63, 3.8) is 0 Å². The predicted octanol–water partition coefficient (Wildman–Crippen LogP) is 1.86. The van der Waals surface area contributed by atoms with Crippen molar-refractivity contribution in [1.82, 2.24) is 9.80 Å². The zero-order valence-corrected chi connectivity index (χ0v) is 16.1. The van der Waals surface area contributed by atoms with Crippen LogP contribution in [0.5, 0.6) is 0 Å². The van der Waals surface area contributed by atoms with E-state index in [0.717, 1.165) is 45.4 Å². The third-order valence-electron chi connectivity index (χ3n) is 6.28. The maximum absolute atomic E-state index is 12.5. The molecule has 5 nitrogen and oxygen atoms in total. The summed E-state index contributed by atoms with van der Waals surface area (Å²) < 4.78 is 23.1. The van der Waals surface area contributed by atoms with Crippen LogP contribution in [0.3, 0.4) is 0 Å². The van der Waals surface area contributed by atoms with Crippen LogP contribution in [0.15, 0.2) is 24.3 Å². The fraction of sp³-hybridized carbons (Fsp3) is 0.650. The summed E-state index contributed by atoms with van der Waals surface area (Å²) >= 11 is 0. The number of rotatable bonds is 3. The van der Waals surface area contributed by atoms with Crippen molar-refractivity contribution in [3.8, 4) is 0 Å². The van der Waals surface area contributed by atoms with Crippen molar-refractivity contribution < 1.29 is 13.2 Å². The minimum Gasteiger partial charge on any atom is -0.343 e. The smallest absolute Gasteiger partial charge is 0.222 e. The lowest BCUT2D eigenvalue weighted by atomic mass is 9.95. The quantitative estimate of drug-likeness (QED) is 0.808. The number of hydrogen-bond donors (Lipinski definition) is 0. The molecule has 0 aliphatic carbocycles. The summed E-state index contributed by atoms with van der Waals surface area (Å²) in [5.41, 5.74) is 2.92. The summed E-state index contributed by atoms with van der Waals surface area (Å²) in [6, 6.07) is 9.26. The van der Waals surface area contributed by atoms with Crippen molar-refractivity contribution in [2.45, 2.75) is 44.7 Å². The Bertz CT molecular complexity index is 769. The van der Waals surface area contributed by atoms with Crippen LogP contribution in [0.1, 0.15) is 36.8 Å². The molecule has 1 unspecified atom stereocenters. The highest BCUT2D eigenvalue weighted by Gasteiger charge is 2.33. The summed E-state index contributed by atoms with van der Waals surface area (Å²) in [4.78, 5) is 17.1. The summed E-state index contributed by atoms with van der Waals surface area (Å²) in [6.45, 7) is 3.74. The lowest BCUT2D eigenvalue weighted by Crippen LogP contribution is -2.48. The van der Waals surface area contributed by atoms with Crippen LogP contribution in [-0.2, 0) is 27.6 Å². The van der Waals surface area contributed by atoms with Crippen molar-refractivity contribution in [3.05, 3.63) is 35.4 Å². The number of nitrogens with zero attached hydrogens (tertiary/aromatic N) is 2. The van der Waals surface area contributed by atoms with Gasteiger partial charge < -0.3 is 4.90 Å². The van der Waals surface area contributed by atoms with E-state index in [1.54, 1.807) is 0 Å². The standard InChI is InChI=1S/C20H28N2O3S/c23-20(13-16-8-12-26(24,25)15-16)21-10-6-19(7-11-21)22-9-5-17-3-1-2-4-18(17)14-22/h1-4,16,19H,5-15H2. The minimum atomic E-state index is -2.90. The van der Waals surface area contributed by atoms with Gasteiger partial charge in [0.25, 0.3) is 0 Å². The Morgan fingerprint density at radius 3 is 2.46 bits per heavy atom. The van der Waals surface area contributed by atoms with Crippen LogP contribution in [0, 0.1) is 5.92 Å². The van der Waals surface area contributed by atoms with Gasteiger partial charge in [-0.15, -0.1) is 0 Å². The van der Waals surface area contributed by atoms with Gasteiger partial charge in [-0.1, -0.05) is 24.3 Å². The zero-order valence-electron chi connectivity index (χ0n) is 15.3. The molecule has 0 radical (unpaired) electrons. The molecule has 0 spiro atoms. The summed E-state index contributed by atoms with van der Waals surface area (Å²) in [5.74, 6) is 0.629. The van der Waals surface area contributed by atoms with Gasteiger partial charge in [0, 0.05) is 38.6 Å². The van der Waals surface area contributed by atoms with Crippen LogP contribution >= 0.6 is 0 Å². The molecule has 1 aromatic carbocycles. The lowest BCUT2D eigenvalue weighted by Gasteiger charge is -2.41. The highest BCUT2D eigenvalue weighted by molar-refractivity contribution is 7.91. The van der Waals surface area contributed by atoms with Gasteiger partial charge >= 0.3 is 0 Å². The first kappa shape index (κ1) is 18.0. The number of fused-ring (bicyclic) bond motifs is 1. The first-order valence-corrected chi connectivity index (χ1v) is 11.6. The second kappa shape index (κ2) is 7.31. The van der Waals surface area contributed by atoms with Crippen LogP contribution in [0.25, 0.3) is 0 Å². The van der Waals surface area contributed by atoms with E-state index in [0.29, 0.717) is 18.9 Å². The van der Waals surface area contributed by atoms with E-state index in [9.17, 15) is 13.2 Å². The third kappa shape index (κ3) is 3.96. The molecule has 142 valence electrons. The topological polar surface area (TPSA) is 57.7 Å². The predicted molar refractivity (Wildman–Crippen MR) is 102 cm³/mol. The molecule has 6 heteroatoms. The second-order valence-corrected chi connectivity index (χ2v) is 10.3. The third-order valence-corrected chi connectivity index (χ3v) is 8.12. The molecule has 1 aromatic rings. The molecule has 0 saturated carbocycles. The lowest BCUT2D eigenvalue weighted by molar-refractivity contribution is -0.133. The van der Waals surface area contributed by atoms with Gasteiger partial charge in [0.05, 0.1) is 11.5 Å². The molecule has 0 aromatic heterocycles. The van der Waals surface area contributed by atoms with Gasteiger partial charge in [0.1, 0.15) is 0 Å². The molecule has 0 bridgehead atoms. The first-order chi connectivity index (χ1) is 12.5. The van der Waals surface area contributed by atoms with Gasteiger partial charge in [-0.05, 0) is 42.7 Å². The number of piperidine rings is 1. The minimum absolute atomic E-state index is 0.0313. The Labute approximate surface area is 156 Å². The Balaban J connectivity index is 1.27. The molecule has 2 fully saturated rings. The fourth-order valence-electron chi connectivity index (χ4n) is 4.72. The van der Waals surface area contributed by atoms with Gasteiger partial charge in [-0.3, -0.25) is 9.69 Å². The maximum atomic E-state index is 12.5. The molecule has 26 heavy (non-hydrogen) atoms. The van der Waals surface area contributed by atoms with E-state index in [1.165, 1.54) is 11.1 Å². The summed E-state index contributed by atoms with van der Waals surface area (Å²) in [7, 11) is -2.90. The second-order valence-electron chi connectivity index (χ2n) is 8.07. The highest BCUT2D eigenvalue weighted by Crippen LogP contribution is 2.27. The van der Waals surface area contributed by atoms with E-state index in [2.05, 4.69) is 29.2 Å². The van der Waals surface area contributed by atoms with Crippen molar-refractivity contribution in [1.29, 1.82) is 0 Å². The average molecular weight is 377 g/mol. The van der Waals surface area contributed by atoms with E-state index >= 15 is 0 Å². The number of hydrogen-bond acceptors (Lipinski definition) is 4. The van der Waals surface area contributed by atoms with E-state index < -0.39 is 9.84 Å².